The molecule has 1 aromatic carbocycles. The monoisotopic (exact) mass is 750 g/mol. The summed E-state index contributed by atoms with van der Waals surface area (Å²) < 4.78 is 57.2. The number of ether oxygens (including phenoxy) is 5. The van der Waals surface area contributed by atoms with E-state index in [2.05, 4.69) is 19.3 Å². The van der Waals surface area contributed by atoms with E-state index in [1.54, 1.807) is 6.92 Å². The van der Waals surface area contributed by atoms with Crippen molar-refractivity contribution < 1.29 is 60.9 Å². The van der Waals surface area contributed by atoms with Gasteiger partial charge in [0.1, 0.15) is 18.8 Å². The minimum Gasteiger partial charge on any atom is -0.463 e. The molecule has 288 valence electrons. The first-order chi connectivity index (χ1) is 24.4. The van der Waals surface area contributed by atoms with Gasteiger partial charge in [0.25, 0.3) is 5.91 Å². The maximum absolute atomic E-state index is 14.7. The summed E-state index contributed by atoms with van der Waals surface area (Å²) in [4.78, 5) is 69.3. The van der Waals surface area contributed by atoms with Crippen LogP contribution in [0.5, 0.6) is 0 Å². The number of amides is 1. The van der Waals surface area contributed by atoms with Crippen LogP contribution in [0.4, 0.5) is 0 Å². The Bertz CT molecular complexity index is 1640. The Morgan fingerprint density at radius 3 is 2.08 bits per heavy atom. The fourth-order valence-corrected chi connectivity index (χ4v) is 11.5. The minimum atomic E-state index is -4.01. The van der Waals surface area contributed by atoms with Gasteiger partial charge in [-0.25, -0.2) is 12.7 Å². The third-order valence-electron chi connectivity index (χ3n) is 11.4. The van der Waals surface area contributed by atoms with Crippen LogP contribution in [0.25, 0.3) is 0 Å². The first-order valence-electron chi connectivity index (χ1n) is 17.7. The Morgan fingerprint density at radius 2 is 1.50 bits per heavy atom. The molecule has 0 aromatic heterocycles. The van der Waals surface area contributed by atoms with Gasteiger partial charge < -0.3 is 23.7 Å². The fourth-order valence-electron chi connectivity index (χ4n) is 8.93. The molecular formula is C36H50N2O13S. The lowest BCUT2D eigenvalue weighted by molar-refractivity contribution is -0.255. The van der Waals surface area contributed by atoms with E-state index in [9.17, 15) is 32.4 Å². The van der Waals surface area contributed by atoms with E-state index in [4.69, 9.17) is 28.5 Å². The summed E-state index contributed by atoms with van der Waals surface area (Å²) in [5.74, 6) is -4.23. The van der Waals surface area contributed by atoms with Crippen LogP contribution in [0.3, 0.4) is 0 Å². The molecule has 15 nitrogen and oxygen atoms in total. The fraction of sp³-hybridized carbons (Fsp3) is 0.694. The molecule has 4 aliphatic rings. The molecule has 2 heterocycles. The molecule has 2 saturated heterocycles. The molecule has 16 heteroatoms. The van der Waals surface area contributed by atoms with Crippen molar-refractivity contribution in [1.82, 2.24) is 9.79 Å². The number of rotatable bonds is 13. The van der Waals surface area contributed by atoms with Crippen molar-refractivity contribution in [1.29, 1.82) is 0 Å². The number of carbonyl (C=O) groups is 5. The highest BCUT2D eigenvalue weighted by atomic mass is 32.2. The molecule has 10 atom stereocenters. The molecule has 4 fully saturated rings. The summed E-state index contributed by atoms with van der Waals surface area (Å²) in [6, 6.07) is 7.46. The zero-order valence-corrected chi connectivity index (χ0v) is 31.5. The van der Waals surface area contributed by atoms with Gasteiger partial charge in [-0.3, -0.25) is 28.8 Å². The maximum atomic E-state index is 14.7. The van der Waals surface area contributed by atoms with Gasteiger partial charge in [-0.1, -0.05) is 51.1 Å². The van der Waals surface area contributed by atoms with Crippen LogP contribution < -0.4 is 5.48 Å². The maximum Gasteiger partial charge on any atom is 0.303 e. The van der Waals surface area contributed by atoms with Gasteiger partial charge in [-0.05, 0) is 48.5 Å². The number of fused-ring (bicyclic) bond motifs is 1. The molecule has 2 bridgehead atoms. The highest BCUT2D eigenvalue weighted by Crippen LogP contribution is 2.70. The van der Waals surface area contributed by atoms with E-state index in [0.717, 1.165) is 37.1 Å². The predicted octanol–water partition coefficient (Wildman–Crippen LogP) is 2.60. The lowest BCUT2D eigenvalue weighted by Gasteiger charge is -2.45. The van der Waals surface area contributed by atoms with Crippen LogP contribution in [-0.2, 0) is 69.1 Å². The van der Waals surface area contributed by atoms with Crippen molar-refractivity contribution >= 4 is 39.8 Å². The Morgan fingerprint density at radius 1 is 0.904 bits per heavy atom. The van der Waals surface area contributed by atoms with E-state index < -0.39 is 100 Å². The van der Waals surface area contributed by atoms with Crippen LogP contribution in [-0.4, -0.2) is 97.5 Å². The predicted molar refractivity (Wildman–Crippen MR) is 182 cm³/mol. The number of carbonyl (C=O) groups excluding carboxylic acids is 5. The van der Waals surface area contributed by atoms with Gasteiger partial charge in [0.2, 0.25) is 10.0 Å². The van der Waals surface area contributed by atoms with Crippen LogP contribution in [0, 0.1) is 22.7 Å². The second-order valence-electron chi connectivity index (χ2n) is 15.1. The molecule has 1 amide bonds. The number of sulfonamides is 1. The Hall–Kier alpha value is -3.60. The third-order valence-corrected chi connectivity index (χ3v) is 13.4. The summed E-state index contributed by atoms with van der Waals surface area (Å²) in [5, 5.41) is 0. The van der Waals surface area contributed by atoms with Gasteiger partial charge in [-0.2, -0.15) is 5.48 Å². The number of esters is 4. The molecular weight excluding hydrogens is 700 g/mol. The summed E-state index contributed by atoms with van der Waals surface area (Å²) >= 11 is 0. The van der Waals surface area contributed by atoms with Crippen LogP contribution in [0.15, 0.2) is 30.3 Å². The minimum absolute atomic E-state index is 0.0611. The topological polar surface area (TPSA) is 190 Å². The highest BCUT2D eigenvalue weighted by Gasteiger charge is 2.72. The van der Waals surface area contributed by atoms with Gasteiger partial charge in [-0.15, -0.1) is 0 Å². The lowest BCUT2D eigenvalue weighted by atomic mass is 9.69. The van der Waals surface area contributed by atoms with Gasteiger partial charge in [0.05, 0.1) is 24.5 Å². The second-order valence-corrected chi connectivity index (χ2v) is 16.9. The zero-order valence-electron chi connectivity index (χ0n) is 30.7. The molecule has 0 unspecified atom stereocenters. The number of hydrogen-bond donors (Lipinski definition) is 1. The van der Waals surface area contributed by atoms with Crippen molar-refractivity contribution in [3.8, 4) is 0 Å². The molecule has 2 aliphatic carbocycles. The summed E-state index contributed by atoms with van der Waals surface area (Å²) in [7, 11) is -4.01. The first kappa shape index (κ1) is 39.6. The third kappa shape index (κ3) is 7.85. The Kier molecular flexibility index (Phi) is 11.7. The zero-order chi connectivity index (χ0) is 38.2. The molecule has 2 aliphatic heterocycles. The Labute approximate surface area is 304 Å². The number of nitrogens with one attached hydrogen (secondary N) is 1. The molecule has 1 aromatic rings. The van der Waals surface area contributed by atoms with Crippen molar-refractivity contribution in [3.05, 3.63) is 35.9 Å². The molecule has 2 saturated carbocycles. The first-order valence-corrected chi connectivity index (χ1v) is 19.3. The number of hydrogen-bond acceptors (Lipinski definition) is 14. The summed E-state index contributed by atoms with van der Waals surface area (Å²) in [6.07, 6.45) is -4.25. The van der Waals surface area contributed by atoms with Crippen LogP contribution >= 0.6 is 0 Å². The average Bonchev–Trinajstić information content (AvgIpc) is 3.53. The van der Waals surface area contributed by atoms with E-state index >= 15 is 0 Å². The lowest BCUT2D eigenvalue weighted by Crippen LogP contribution is -2.63. The SMILES string of the molecule is CC(=O)OC[C@H]1O[C@@H](C[C@@H](C)[C@H](NOCc2ccccc2)C(=O)N2[C@@H]3C[C@H]4CC[C@]3(CS2(=O)=O)C4(C)C)[C@@H](OC(C)=O)[C@@H](OC(C)=O)[C@@H]1OC(C)=O. The van der Waals surface area contributed by atoms with Crippen molar-refractivity contribution in [2.75, 3.05) is 12.4 Å². The van der Waals surface area contributed by atoms with Gasteiger partial charge in [0, 0.05) is 33.1 Å². The average molecular weight is 751 g/mol. The molecule has 52 heavy (non-hydrogen) atoms. The quantitative estimate of drug-likeness (QED) is 0.176. The molecule has 0 radical (unpaired) electrons. The molecule has 1 spiro atoms. The summed E-state index contributed by atoms with van der Waals surface area (Å²) in [6.45, 7) is 10.1. The largest absolute Gasteiger partial charge is 0.463 e. The van der Waals surface area contributed by atoms with Crippen molar-refractivity contribution in [2.24, 2.45) is 22.7 Å². The van der Waals surface area contributed by atoms with E-state index in [1.165, 1.54) is 6.92 Å². The van der Waals surface area contributed by atoms with Crippen molar-refractivity contribution in [2.45, 2.75) is 123 Å². The number of nitrogens with zero attached hydrogens (tertiary/aromatic N) is 1. The van der Waals surface area contributed by atoms with E-state index in [0.29, 0.717) is 12.8 Å². The summed E-state index contributed by atoms with van der Waals surface area (Å²) in [5.41, 5.74) is 2.82. The van der Waals surface area contributed by atoms with Gasteiger partial charge in [0.15, 0.2) is 18.3 Å². The number of benzene rings is 1. The van der Waals surface area contributed by atoms with Crippen LogP contribution in [0.1, 0.15) is 79.7 Å². The highest BCUT2D eigenvalue weighted by molar-refractivity contribution is 7.90. The second kappa shape index (κ2) is 15.4. The molecule has 5 rings (SSSR count). The van der Waals surface area contributed by atoms with E-state index in [1.807, 2.05) is 30.3 Å². The molecule has 1 N–H and O–H groups in total. The Balaban J connectivity index is 1.48. The van der Waals surface area contributed by atoms with Crippen LogP contribution in [0.2, 0.25) is 0 Å². The smallest absolute Gasteiger partial charge is 0.303 e. The number of hydroxylamine groups is 1. The normalized spacial score (nSPS) is 32.3. The van der Waals surface area contributed by atoms with Gasteiger partial charge >= 0.3 is 23.9 Å². The standard InChI is InChI=1S/C36H50N2O13S/c1-20(15-27-31(48-22(3)40)33(50-24(5)42)32(49-23(4)41)28(51-27)18-46-21(2)39)30(37-47-17-25-11-9-8-10-12-25)34(43)38-29-16-26-13-14-36(29,35(26,6)7)19-52(38,44)45/h8-12,20,26-33,37H,13-19H2,1-7H3/t20-,26-,27+,28-,29-,30+,31-,32-,33-,36-/m1/s1. The van der Waals surface area contributed by atoms with Crippen molar-refractivity contribution in [3.63, 3.8) is 0 Å². The van der Waals surface area contributed by atoms with E-state index in [-0.39, 0.29) is 30.1 Å².